The molecule has 0 aliphatic carbocycles. The fourth-order valence-corrected chi connectivity index (χ4v) is 2.65. The average Bonchev–Trinajstić information content (AvgIpc) is 2.43. The van der Waals surface area contributed by atoms with E-state index in [2.05, 4.69) is 19.6 Å². The Hall–Kier alpha value is -0.773. The summed E-state index contributed by atoms with van der Waals surface area (Å²) in [5.74, 6) is 0.563. The Bertz CT molecular complexity index is 289. The van der Waals surface area contributed by atoms with Crippen LogP contribution in [0.4, 0.5) is 0 Å². The van der Waals surface area contributed by atoms with Crippen LogP contribution in [0.2, 0.25) is 19.6 Å². The third-order valence-corrected chi connectivity index (χ3v) is 3.21. The van der Waals surface area contributed by atoms with Crippen molar-refractivity contribution in [3.05, 3.63) is 11.3 Å². The van der Waals surface area contributed by atoms with E-state index in [9.17, 15) is 4.79 Å². The van der Waals surface area contributed by atoms with Crippen LogP contribution in [-0.4, -0.2) is 20.4 Å². The van der Waals surface area contributed by atoms with Crippen LogP contribution in [0.3, 0.4) is 0 Å². The van der Waals surface area contributed by atoms with Gasteiger partial charge in [-0.3, -0.25) is 0 Å². The molecule has 1 rings (SSSR count). The van der Waals surface area contributed by atoms with Crippen LogP contribution in [0, 0.1) is 0 Å². The highest BCUT2D eigenvalue weighted by Gasteiger charge is 2.31. The number of rotatable bonds is 3. The molecular formula is C11H20O3Si. The van der Waals surface area contributed by atoms with Crippen molar-refractivity contribution in [1.82, 2.24) is 0 Å². The molecule has 1 aliphatic rings. The summed E-state index contributed by atoms with van der Waals surface area (Å²) < 4.78 is 11.0. The molecule has 1 saturated heterocycles. The van der Waals surface area contributed by atoms with E-state index >= 15 is 0 Å². The molecule has 1 fully saturated rings. The zero-order valence-corrected chi connectivity index (χ0v) is 11.2. The Morgan fingerprint density at radius 3 is 2.53 bits per heavy atom. The maximum Gasteiger partial charge on any atom is 0.337 e. The van der Waals surface area contributed by atoms with E-state index in [-0.39, 0.29) is 12.1 Å². The molecule has 4 heteroatoms. The number of allylic oxidation sites excluding steroid dienone is 1. The van der Waals surface area contributed by atoms with Crippen molar-refractivity contribution in [3.8, 4) is 0 Å². The average molecular weight is 228 g/mol. The van der Waals surface area contributed by atoms with Gasteiger partial charge in [0, 0.05) is 6.42 Å². The number of esters is 1. The fraction of sp³-hybridized carbons (Fsp3) is 0.727. The van der Waals surface area contributed by atoms with Crippen molar-refractivity contribution in [2.75, 3.05) is 0 Å². The Morgan fingerprint density at radius 2 is 2.13 bits per heavy atom. The molecule has 0 aromatic carbocycles. The first-order chi connectivity index (χ1) is 6.83. The summed E-state index contributed by atoms with van der Waals surface area (Å²) >= 11 is 0. The van der Waals surface area contributed by atoms with E-state index in [1.54, 1.807) is 0 Å². The number of cyclic esters (lactones) is 1. The smallest absolute Gasteiger partial charge is 0.337 e. The standard InChI is InChI=1S/C11H20O3Si/c1-6-9-7-10(11(12)13-9)8(2)14-15(3,4)5/h9H,6-7H2,1-5H3. The summed E-state index contributed by atoms with van der Waals surface area (Å²) in [7, 11) is -1.62. The van der Waals surface area contributed by atoms with Gasteiger partial charge < -0.3 is 9.16 Å². The van der Waals surface area contributed by atoms with Crippen molar-refractivity contribution in [2.45, 2.75) is 52.4 Å². The van der Waals surface area contributed by atoms with Gasteiger partial charge in [0.25, 0.3) is 0 Å². The minimum atomic E-state index is -1.62. The van der Waals surface area contributed by atoms with Gasteiger partial charge in [-0.1, -0.05) is 6.92 Å². The molecule has 0 aromatic rings. The first kappa shape index (κ1) is 12.3. The first-order valence-electron chi connectivity index (χ1n) is 5.43. The second-order valence-electron chi connectivity index (χ2n) is 4.89. The molecule has 0 amide bonds. The lowest BCUT2D eigenvalue weighted by molar-refractivity contribution is -0.139. The van der Waals surface area contributed by atoms with Gasteiger partial charge in [-0.05, 0) is 33.0 Å². The Balaban J connectivity index is 2.77. The second kappa shape index (κ2) is 4.39. The SMILES string of the molecule is CCC1CC(=C(C)O[Si](C)(C)C)C(=O)O1. The third kappa shape index (κ3) is 3.37. The molecule has 0 aromatic heterocycles. The van der Waals surface area contributed by atoms with Crippen molar-refractivity contribution in [2.24, 2.45) is 0 Å². The number of hydrogen-bond donors (Lipinski definition) is 0. The van der Waals surface area contributed by atoms with E-state index in [4.69, 9.17) is 9.16 Å². The van der Waals surface area contributed by atoms with Crippen LogP contribution in [0.1, 0.15) is 26.7 Å². The molecule has 15 heavy (non-hydrogen) atoms. The molecule has 0 saturated carbocycles. The minimum Gasteiger partial charge on any atom is -0.547 e. The largest absolute Gasteiger partial charge is 0.547 e. The van der Waals surface area contributed by atoms with Crippen LogP contribution in [0.25, 0.3) is 0 Å². The summed E-state index contributed by atoms with van der Waals surface area (Å²) in [4.78, 5) is 11.5. The van der Waals surface area contributed by atoms with E-state index in [1.807, 2.05) is 13.8 Å². The van der Waals surface area contributed by atoms with Crippen LogP contribution < -0.4 is 0 Å². The fourth-order valence-electron chi connectivity index (χ4n) is 1.61. The second-order valence-corrected chi connectivity index (χ2v) is 9.32. The van der Waals surface area contributed by atoms with E-state index in [0.29, 0.717) is 6.42 Å². The van der Waals surface area contributed by atoms with Gasteiger partial charge >= 0.3 is 5.97 Å². The lowest BCUT2D eigenvalue weighted by atomic mass is 10.1. The van der Waals surface area contributed by atoms with Crippen molar-refractivity contribution in [1.29, 1.82) is 0 Å². The number of ether oxygens (including phenoxy) is 1. The topological polar surface area (TPSA) is 35.5 Å². The monoisotopic (exact) mass is 228 g/mol. The molecule has 1 heterocycles. The normalized spacial score (nSPS) is 25.1. The summed E-state index contributed by atoms with van der Waals surface area (Å²) in [6.45, 7) is 10.2. The molecule has 0 spiro atoms. The first-order valence-corrected chi connectivity index (χ1v) is 8.84. The lowest BCUT2D eigenvalue weighted by Crippen LogP contribution is -2.25. The molecule has 86 valence electrons. The summed E-state index contributed by atoms with van der Waals surface area (Å²) in [5, 5.41) is 0. The van der Waals surface area contributed by atoms with Crippen LogP contribution in [0.5, 0.6) is 0 Å². The predicted octanol–water partition coefficient (Wildman–Crippen LogP) is 2.84. The van der Waals surface area contributed by atoms with Crippen molar-refractivity contribution >= 4 is 14.3 Å². The van der Waals surface area contributed by atoms with Gasteiger partial charge in [0.1, 0.15) is 6.10 Å². The van der Waals surface area contributed by atoms with Gasteiger partial charge in [0.2, 0.25) is 8.32 Å². The summed E-state index contributed by atoms with van der Waals surface area (Å²) in [6.07, 6.45) is 1.62. The molecule has 1 unspecified atom stereocenters. The maximum absolute atomic E-state index is 11.5. The van der Waals surface area contributed by atoms with E-state index in [1.165, 1.54) is 0 Å². The van der Waals surface area contributed by atoms with Gasteiger partial charge in [-0.2, -0.15) is 0 Å². The highest BCUT2D eigenvalue weighted by molar-refractivity contribution is 6.70. The molecule has 3 nitrogen and oxygen atoms in total. The Labute approximate surface area is 92.6 Å². The van der Waals surface area contributed by atoms with E-state index in [0.717, 1.165) is 17.8 Å². The number of hydrogen-bond acceptors (Lipinski definition) is 3. The molecule has 0 radical (unpaired) electrons. The van der Waals surface area contributed by atoms with E-state index < -0.39 is 8.32 Å². The summed E-state index contributed by atoms with van der Waals surface area (Å²) in [5.41, 5.74) is 0.726. The number of carbonyl (C=O) groups excluding carboxylic acids is 1. The molecule has 0 bridgehead atoms. The Morgan fingerprint density at radius 1 is 1.53 bits per heavy atom. The minimum absolute atomic E-state index is 0.0488. The lowest BCUT2D eigenvalue weighted by Gasteiger charge is -2.20. The highest BCUT2D eigenvalue weighted by atomic mass is 28.4. The van der Waals surface area contributed by atoms with Gasteiger partial charge in [0.05, 0.1) is 11.3 Å². The van der Waals surface area contributed by atoms with Crippen LogP contribution >= 0.6 is 0 Å². The highest BCUT2D eigenvalue weighted by Crippen LogP contribution is 2.27. The van der Waals surface area contributed by atoms with Crippen molar-refractivity contribution in [3.63, 3.8) is 0 Å². The summed E-state index contributed by atoms with van der Waals surface area (Å²) in [6, 6.07) is 0. The van der Waals surface area contributed by atoms with Crippen LogP contribution in [0.15, 0.2) is 11.3 Å². The van der Waals surface area contributed by atoms with Crippen molar-refractivity contribution < 1.29 is 14.0 Å². The third-order valence-electron chi connectivity index (χ3n) is 2.29. The molecule has 0 N–H and O–H groups in total. The van der Waals surface area contributed by atoms with Crippen LogP contribution in [-0.2, 0) is 14.0 Å². The quantitative estimate of drug-likeness (QED) is 0.322. The number of carbonyl (C=O) groups is 1. The zero-order valence-electron chi connectivity index (χ0n) is 10.2. The zero-order chi connectivity index (χ0) is 11.6. The Kier molecular flexibility index (Phi) is 3.60. The van der Waals surface area contributed by atoms with Gasteiger partial charge in [0.15, 0.2) is 0 Å². The molecule has 1 aliphatic heterocycles. The molecular weight excluding hydrogens is 208 g/mol. The van der Waals surface area contributed by atoms with Gasteiger partial charge in [-0.25, -0.2) is 4.79 Å². The molecule has 1 atom stereocenters. The maximum atomic E-state index is 11.5. The van der Waals surface area contributed by atoms with Gasteiger partial charge in [-0.15, -0.1) is 0 Å². The predicted molar refractivity (Wildman–Crippen MR) is 61.9 cm³/mol.